The second-order valence-corrected chi connectivity index (χ2v) is 4.02. The van der Waals surface area contributed by atoms with E-state index in [9.17, 15) is 0 Å². The van der Waals surface area contributed by atoms with Gasteiger partial charge in [0.2, 0.25) is 0 Å². The molecular weight excluding hydrogens is 202 g/mol. The summed E-state index contributed by atoms with van der Waals surface area (Å²) in [6.45, 7) is 4.28. The van der Waals surface area contributed by atoms with E-state index >= 15 is 0 Å². The molecule has 1 aromatic carbocycles. The fourth-order valence-electron chi connectivity index (χ4n) is 1.66. The number of hydrogen-bond acceptors (Lipinski definition) is 3. The molecule has 1 aromatic rings. The molecule has 0 bridgehead atoms. The summed E-state index contributed by atoms with van der Waals surface area (Å²) in [6, 6.07) is 5.72. The minimum absolute atomic E-state index is 0.0185. The lowest BCUT2D eigenvalue weighted by molar-refractivity contribution is 0.380. The molecule has 0 saturated heterocycles. The van der Waals surface area contributed by atoms with Crippen molar-refractivity contribution in [2.75, 3.05) is 14.2 Å². The van der Waals surface area contributed by atoms with Gasteiger partial charge < -0.3 is 15.2 Å². The van der Waals surface area contributed by atoms with E-state index in [0.717, 1.165) is 23.5 Å². The van der Waals surface area contributed by atoms with Gasteiger partial charge in [0.05, 0.1) is 14.2 Å². The maximum absolute atomic E-state index is 6.21. The Morgan fingerprint density at radius 2 is 1.94 bits per heavy atom. The fourth-order valence-corrected chi connectivity index (χ4v) is 1.66. The molecule has 2 atom stereocenters. The summed E-state index contributed by atoms with van der Waals surface area (Å²) in [5, 5.41) is 0. The summed E-state index contributed by atoms with van der Waals surface area (Å²) in [5.41, 5.74) is 7.22. The van der Waals surface area contributed by atoms with Gasteiger partial charge >= 0.3 is 0 Å². The van der Waals surface area contributed by atoms with E-state index in [4.69, 9.17) is 15.2 Å². The van der Waals surface area contributed by atoms with Crippen molar-refractivity contribution in [3.63, 3.8) is 0 Å². The third-order valence-corrected chi connectivity index (χ3v) is 3.05. The number of nitrogens with two attached hydrogens (primary N) is 1. The van der Waals surface area contributed by atoms with Crippen LogP contribution in [0.1, 0.15) is 31.9 Å². The van der Waals surface area contributed by atoms with Crippen LogP contribution in [-0.2, 0) is 0 Å². The van der Waals surface area contributed by atoms with Gasteiger partial charge in [-0.2, -0.15) is 0 Å². The van der Waals surface area contributed by atoms with Crippen molar-refractivity contribution in [2.45, 2.75) is 26.3 Å². The Kier molecular flexibility index (Phi) is 4.62. The average molecular weight is 223 g/mol. The lowest BCUT2D eigenvalue weighted by atomic mass is 9.92. The highest BCUT2D eigenvalue weighted by Crippen LogP contribution is 2.32. The molecule has 0 spiro atoms. The molecule has 16 heavy (non-hydrogen) atoms. The van der Waals surface area contributed by atoms with Crippen LogP contribution in [0.3, 0.4) is 0 Å². The van der Waals surface area contributed by atoms with Crippen molar-refractivity contribution in [3.8, 4) is 11.5 Å². The summed E-state index contributed by atoms with van der Waals surface area (Å²) in [5.74, 6) is 2.06. The Labute approximate surface area is 97.6 Å². The van der Waals surface area contributed by atoms with Crippen molar-refractivity contribution in [1.29, 1.82) is 0 Å². The van der Waals surface area contributed by atoms with E-state index < -0.39 is 0 Å². The van der Waals surface area contributed by atoms with Crippen molar-refractivity contribution in [2.24, 2.45) is 11.7 Å². The first-order chi connectivity index (χ1) is 7.63. The van der Waals surface area contributed by atoms with Crippen LogP contribution in [0.15, 0.2) is 18.2 Å². The first-order valence-electron chi connectivity index (χ1n) is 5.61. The van der Waals surface area contributed by atoms with Gasteiger partial charge in [-0.05, 0) is 24.1 Å². The minimum Gasteiger partial charge on any atom is -0.497 e. The minimum atomic E-state index is -0.0185. The van der Waals surface area contributed by atoms with E-state index in [1.807, 2.05) is 18.2 Å². The number of hydrogen-bond donors (Lipinski definition) is 1. The lowest BCUT2D eigenvalue weighted by Crippen LogP contribution is -2.19. The van der Waals surface area contributed by atoms with E-state index in [2.05, 4.69) is 13.8 Å². The molecule has 0 amide bonds. The van der Waals surface area contributed by atoms with Gasteiger partial charge in [0.1, 0.15) is 11.5 Å². The van der Waals surface area contributed by atoms with Crippen molar-refractivity contribution in [1.82, 2.24) is 0 Å². The van der Waals surface area contributed by atoms with Crippen molar-refractivity contribution >= 4 is 0 Å². The summed E-state index contributed by atoms with van der Waals surface area (Å²) < 4.78 is 10.5. The Hall–Kier alpha value is -1.22. The van der Waals surface area contributed by atoms with Gasteiger partial charge in [-0.15, -0.1) is 0 Å². The van der Waals surface area contributed by atoms with Gasteiger partial charge in [-0.1, -0.05) is 20.3 Å². The van der Waals surface area contributed by atoms with E-state index in [0.29, 0.717) is 5.92 Å². The van der Waals surface area contributed by atoms with Crippen LogP contribution < -0.4 is 15.2 Å². The SMILES string of the molecule is CCC(C)[C@H](N)c1cc(OC)ccc1OC. The van der Waals surface area contributed by atoms with Gasteiger partial charge in [0, 0.05) is 11.6 Å². The highest BCUT2D eigenvalue weighted by Gasteiger charge is 2.18. The second-order valence-electron chi connectivity index (χ2n) is 4.02. The number of rotatable bonds is 5. The molecule has 3 nitrogen and oxygen atoms in total. The highest BCUT2D eigenvalue weighted by molar-refractivity contribution is 5.42. The molecule has 0 aliphatic rings. The number of ether oxygens (including phenoxy) is 2. The molecule has 3 heteroatoms. The van der Waals surface area contributed by atoms with Crippen LogP contribution in [0, 0.1) is 5.92 Å². The Balaban J connectivity index is 3.07. The maximum Gasteiger partial charge on any atom is 0.123 e. The van der Waals surface area contributed by atoms with Crippen molar-refractivity contribution < 1.29 is 9.47 Å². The standard InChI is InChI=1S/C13H21NO2/c1-5-9(2)13(14)11-8-10(15-3)6-7-12(11)16-4/h6-9,13H,5,14H2,1-4H3/t9?,13-/m0/s1. The molecule has 0 saturated carbocycles. The first-order valence-corrected chi connectivity index (χ1v) is 5.61. The average Bonchev–Trinajstić information content (AvgIpc) is 2.35. The molecule has 1 rings (SSSR count). The first kappa shape index (κ1) is 12.8. The monoisotopic (exact) mass is 223 g/mol. The second kappa shape index (κ2) is 5.75. The summed E-state index contributed by atoms with van der Waals surface area (Å²) in [4.78, 5) is 0. The summed E-state index contributed by atoms with van der Waals surface area (Å²) in [7, 11) is 3.31. The van der Waals surface area contributed by atoms with Gasteiger partial charge in [-0.3, -0.25) is 0 Å². The highest BCUT2D eigenvalue weighted by atomic mass is 16.5. The maximum atomic E-state index is 6.21. The molecule has 1 unspecified atom stereocenters. The number of benzene rings is 1. The smallest absolute Gasteiger partial charge is 0.123 e. The largest absolute Gasteiger partial charge is 0.497 e. The zero-order valence-corrected chi connectivity index (χ0v) is 10.5. The topological polar surface area (TPSA) is 44.5 Å². The summed E-state index contributed by atoms with van der Waals surface area (Å²) in [6.07, 6.45) is 1.04. The number of methoxy groups -OCH3 is 2. The zero-order chi connectivity index (χ0) is 12.1. The van der Waals surface area contributed by atoms with Crippen LogP contribution in [0.2, 0.25) is 0 Å². The molecule has 2 N–H and O–H groups in total. The molecular formula is C13H21NO2. The molecule has 0 fully saturated rings. The lowest BCUT2D eigenvalue weighted by Gasteiger charge is -2.21. The molecule has 0 aliphatic heterocycles. The molecule has 0 radical (unpaired) electrons. The Morgan fingerprint density at radius 1 is 1.25 bits per heavy atom. The molecule has 0 aliphatic carbocycles. The zero-order valence-electron chi connectivity index (χ0n) is 10.5. The van der Waals surface area contributed by atoms with Crippen LogP contribution in [0.25, 0.3) is 0 Å². The summed E-state index contributed by atoms with van der Waals surface area (Å²) >= 11 is 0. The van der Waals surface area contributed by atoms with E-state index in [1.165, 1.54) is 0 Å². The Morgan fingerprint density at radius 3 is 2.44 bits per heavy atom. The van der Waals surface area contributed by atoms with E-state index in [1.54, 1.807) is 14.2 Å². The van der Waals surface area contributed by atoms with Crippen LogP contribution in [0.4, 0.5) is 0 Å². The fraction of sp³-hybridized carbons (Fsp3) is 0.538. The third kappa shape index (κ3) is 2.67. The van der Waals surface area contributed by atoms with Crippen LogP contribution in [0.5, 0.6) is 11.5 Å². The predicted octanol–water partition coefficient (Wildman–Crippen LogP) is 2.75. The molecule has 90 valence electrons. The normalized spacial score (nSPS) is 14.3. The van der Waals surface area contributed by atoms with Crippen LogP contribution >= 0.6 is 0 Å². The predicted molar refractivity (Wildman–Crippen MR) is 65.9 cm³/mol. The van der Waals surface area contributed by atoms with Crippen LogP contribution in [-0.4, -0.2) is 14.2 Å². The molecule has 0 heterocycles. The van der Waals surface area contributed by atoms with Gasteiger partial charge in [0.15, 0.2) is 0 Å². The quantitative estimate of drug-likeness (QED) is 0.834. The van der Waals surface area contributed by atoms with Crippen molar-refractivity contribution in [3.05, 3.63) is 23.8 Å². The molecule has 0 aromatic heterocycles. The third-order valence-electron chi connectivity index (χ3n) is 3.05. The van der Waals surface area contributed by atoms with Gasteiger partial charge in [0.25, 0.3) is 0 Å². The van der Waals surface area contributed by atoms with Gasteiger partial charge in [-0.25, -0.2) is 0 Å². The van der Waals surface area contributed by atoms with E-state index in [-0.39, 0.29) is 6.04 Å². The Bertz CT molecular complexity index is 339.